The molecule has 0 saturated heterocycles. The maximum atomic E-state index is 2.59. The molecule has 0 amide bonds. The molecule has 11 rings (SSSR count). The van der Waals surface area contributed by atoms with E-state index in [0.717, 1.165) is 12.8 Å². The lowest BCUT2D eigenvalue weighted by Crippen LogP contribution is -2.08. The molecule has 248 valence electrons. The molecule has 2 aromatic heterocycles. The summed E-state index contributed by atoms with van der Waals surface area (Å²) in [6.45, 7) is 0. The fourth-order valence-electron chi connectivity index (χ4n) is 10.6. The first-order valence-corrected chi connectivity index (χ1v) is 19.6. The molecule has 2 nitrogen and oxygen atoms in total. The summed E-state index contributed by atoms with van der Waals surface area (Å²) in [4.78, 5) is 0. The van der Waals surface area contributed by atoms with Gasteiger partial charge in [-0.1, -0.05) is 65.3 Å². The molecule has 0 spiro atoms. The highest BCUT2D eigenvalue weighted by molar-refractivity contribution is 5.87. The summed E-state index contributed by atoms with van der Waals surface area (Å²) in [6.07, 6.45) is 48.7. The van der Waals surface area contributed by atoms with Crippen LogP contribution in [0.15, 0.2) is 82.5 Å². The Balaban J connectivity index is 1.09. The van der Waals surface area contributed by atoms with Gasteiger partial charge in [0.15, 0.2) is 0 Å². The highest BCUT2D eigenvalue weighted by Gasteiger charge is 2.29. The van der Waals surface area contributed by atoms with Crippen LogP contribution < -0.4 is 0 Å². The minimum absolute atomic E-state index is 0.592. The summed E-state index contributed by atoms with van der Waals surface area (Å²) in [5, 5.41) is 0. The van der Waals surface area contributed by atoms with Crippen LogP contribution in [-0.4, -0.2) is 9.13 Å². The van der Waals surface area contributed by atoms with Crippen LogP contribution in [0.4, 0.5) is 0 Å². The van der Waals surface area contributed by atoms with Gasteiger partial charge in [-0.05, 0) is 167 Å². The van der Waals surface area contributed by atoms with E-state index >= 15 is 0 Å². The molecule has 0 N–H and O–H groups in total. The quantitative estimate of drug-likeness (QED) is 0.261. The van der Waals surface area contributed by atoms with E-state index in [1.807, 2.05) is 0 Å². The predicted molar refractivity (Wildman–Crippen MR) is 212 cm³/mol. The minimum atomic E-state index is 0.592. The van der Waals surface area contributed by atoms with Crippen LogP contribution in [0.1, 0.15) is 129 Å². The summed E-state index contributed by atoms with van der Waals surface area (Å²) in [5.41, 5.74) is 21.3. The third kappa shape index (κ3) is 4.67. The van der Waals surface area contributed by atoms with Crippen molar-refractivity contribution >= 4 is 48.6 Å². The molecular formula is C48H46N2. The number of hydrogen-bond donors (Lipinski definition) is 0. The summed E-state index contributed by atoms with van der Waals surface area (Å²) >= 11 is 0. The van der Waals surface area contributed by atoms with Crippen LogP contribution in [0.3, 0.4) is 0 Å². The maximum Gasteiger partial charge on any atom is 0.0541 e. The molecular weight excluding hydrogens is 605 g/mol. The van der Waals surface area contributed by atoms with Crippen LogP contribution in [0, 0.1) is 17.8 Å². The standard InChI is InChI=1S/C48H46N2/c1-5-31-13-21-45-41(27-33(7-1)25-31)43-29-37-11-3-9-35(37)15-23-47(43)49(45)39-17-19-40(20-18-39)50-46-22-14-32-6-2-8-34(26-32)28-42(46)44-30-38-12-4-10-36(38)16-24-48(44)50/h9,13-24,27-32,36H,1-8,10-12,25-26H2/b21-13-,22-14-,33-27?,34-28?. The van der Waals surface area contributed by atoms with Crippen molar-refractivity contribution in [1.82, 2.24) is 9.13 Å². The molecule has 3 atom stereocenters. The SMILES string of the molecule is C1=Cc2c(c3c(n2-c2ccc(-n4c5c(c6c4/C=C\C4CCCC(=C6)C4)C=C4CCCC4C=C5)cc2)/C=C\C2CCCC(=C3)C2)C=C2CCC=C12. The Kier molecular flexibility index (Phi) is 6.71. The largest absolute Gasteiger partial charge is 0.309 e. The van der Waals surface area contributed by atoms with Crippen molar-refractivity contribution in [3.05, 3.63) is 128 Å². The average Bonchev–Trinajstić information content (AvgIpc) is 3.85. The fraction of sp³-hybridized carbons (Fsp3) is 0.333. The molecule has 8 aliphatic carbocycles. The second-order valence-corrected chi connectivity index (χ2v) is 16.2. The molecule has 0 aliphatic heterocycles. The van der Waals surface area contributed by atoms with Crippen molar-refractivity contribution in [1.29, 1.82) is 0 Å². The van der Waals surface area contributed by atoms with Gasteiger partial charge >= 0.3 is 0 Å². The van der Waals surface area contributed by atoms with E-state index in [1.54, 1.807) is 16.7 Å². The van der Waals surface area contributed by atoms with Crippen LogP contribution >= 0.6 is 0 Å². The van der Waals surface area contributed by atoms with Gasteiger partial charge in [0.05, 0.1) is 22.8 Å². The summed E-state index contributed by atoms with van der Waals surface area (Å²) in [5.74, 6) is 1.90. The monoisotopic (exact) mass is 650 g/mol. The number of rotatable bonds is 2. The number of benzene rings is 1. The Labute approximate surface area is 297 Å². The molecule has 8 aliphatic rings. The van der Waals surface area contributed by atoms with Gasteiger partial charge in [-0.3, -0.25) is 0 Å². The van der Waals surface area contributed by atoms with Gasteiger partial charge in [-0.2, -0.15) is 0 Å². The number of hydrogen-bond acceptors (Lipinski definition) is 0. The lowest BCUT2D eigenvalue weighted by atomic mass is 9.82. The van der Waals surface area contributed by atoms with Crippen molar-refractivity contribution in [3.63, 3.8) is 0 Å². The molecule has 2 heterocycles. The lowest BCUT2D eigenvalue weighted by molar-refractivity contribution is 0.498. The highest BCUT2D eigenvalue weighted by Crippen LogP contribution is 2.45. The smallest absolute Gasteiger partial charge is 0.0541 e. The lowest BCUT2D eigenvalue weighted by Gasteiger charge is -2.24. The molecule has 4 bridgehead atoms. The van der Waals surface area contributed by atoms with Gasteiger partial charge < -0.3 is 9.13 Å². The molecule has 50 heavy (non-hydrogen) atoms. The second kappa shape index (κ2) is 11.5. The van der Waals surface area contributed by atoms with E-state index in [4.69, 9.17) is 0 Å². The number of aromatic nitrogens is 2. The Morgan fingerprint density at radius 2 is 1.06 bits per heavy atom. The zero-order valence-electron chi connectivity index (χ0n) is 29.1. The molecule has 1 aromatic carbocycles. The van der Waals surface area contributed by atoms with E-state index in [1.165, 1.54) is 138 Å². The molecule has 3 fully saturated rings. The molecule has 3 aromatic rings. The van der Waals surface area contributed by atoms with Gasteiger partial charge in [0.2, 0.25) is 0 Å². The van der Waals surface area contributed by atoms with Crippen molar-refractivity contribution in [2.75, 3.05) is 0 Å². The Morgan fingerprint density at radius 1 is 0.500 bits per heavy atom. The van der Waals surface area contributed by atoms with E-state index in [9.17, 15) is 0 Å². The van der Waals surface area contributed by atoms with Crippen LogP contribution in [0.5, 0.6) is 0 Å². The Hall–Kier alpha value is -4.56. The first kappa shape index (κ1) is 29.2. The van der Waals surface area contributed by atoms with Crippen molar-refractivity contribution in [2.45, 2.75) is 83.5 Å². The fourth-order valence-corrected chi connectivity index (χ4v) is 10.6. The zero-order chi connectivity index (χ0) is 32.8. The summed E-state index contributed by atoms with van der Waals surface area (Å²) < 4.78 is 5.12. The van der Waals surface area contributed by atoms with Gasteiger partial charge in [-0.15, -0.1) is 0 Å². The van der Waals surface area contributed by atoms with Gasteiger partial charge in [-0.25, -0.2) is 0 Å². The third-order valence-corrected chi connectivity index (χ3v) is 13.1. The number of allylic oxidation sites excluding steroid dienone is 10. The van der Waals surface area contributed by atoms with E-state index in [2.05, 4.69) is 112 Å². The molecule has 3 unspecified atom stereocenters. The third-order valence-electron chi connectivity index (χ3n) is 13.1. The van der Waals surface area contributed by atoms with Crippen LogP contribution in [0.2, 0.25) is 0 Å². The number of nitrogens with zero attached hydrogens (tertiary/aromatic N) is 2. The first-order chi connectivity index (χ1) is 24.7. The minimum Gasteiger partial charge on any atom is -0.309 e. The number of fused-ring (bicyclic) bond motifs is 12. The van der Waals surface area contributed by atoms with Crippen molar-refractivity contribution in [2.24, 2.45) is 17.8 Å². The topological polar surface area (TPSA) is 9.86 Å². The summed E-state index contributed by atoms with van der Waals surface area (Å²) in [7, 11) is 0. The predicted octanol–water partition coefficient (Wildman–Crippen LogP) is 12.8. The van der Waals surface area contributed by atoms with Crippen LogP contribution in [-0.2, 0) is 0 Å². The summed E-state index contributed by atoms with van der Waals surface area (Å²) in [6, 6.07) is 9.54. The zero-order valence-corrected chi connectivity index (χ0v) is 29.1. The van der Waals surface area contributed by atoms with Gasteiger partial charge in [0, 0.05) is 33.6 Å². The normalized spacial score (nSPS) is 26.7. The molecule has 2 heteroatoms. The second-order valence-electron chi connectivity index (χ2n) is 16.2. The van der Waals surface area contributed by atoms with Gasteiger partial charge in [0.25, 0.3) is 0 Å². The molecule has 0 radical (unpaired) electrons. The first-order valence-electron chi connectivity index (χ1n) is 19.6. The Bertz CT molecular complexity index is 2240. The molecule has 3 saturated carbocycles. The van der Waals surface area contributed by atoms with E-state index in [-0.39, 0.29) is 0 Å². The highest BCUT2D eigenvalue weighted by atomic mass is 15.0. The van der Waals surface area contributed by atoms with E-state index in [0.29, 0.717) is 17.8 Å². The van der Waals surface area contributed by atoms with Crippen molar-refractivity contribution < 1.29 is 0 Å². The average molecular weight is 651 g/mol. The van der Waals surface area contributed by atoms with Crippen LogP contribution in [0.25, 0.3) is 60.0 Å². The van der Waals surface area contributed by atoms with E-state index < -0.39 is 0 Å². The van der Waals surface area contributed by atoms with Gasteiger partial charge in [0.1, 0.15) is 0 Å². The maximum absolute atomic E-state index is 2.59. The van der Waals surface area contributed by atoms with Crippen molar-refractivity contribution in [3.8, 4) is 11.4 Å². The Morgan fingerprint density at radius 3 is 1.72 bits per heavy atom.